The molecule has 0 aliphatic rings. The molecule has 0 saturated heterocycles. The van der Waals surface area contributed by atoms with Gasteiger partial charge in [0, 0.05) is 49.6 Å². The number of aromatic nitrogens is 4. The Morgan fingerprint density at radius 3 is 1.44 bits per heavy atom. The summed E-state index contributed by atoms with van der Waals surface area (Å²) in [5.41, 5.74) is 14.4. The van der Waals surface area contributed by atoms with Crippen LogP contribution in [0.5, 0.6) is 0 Å². The average Bonchev–Trinajstić information content (AvgIpc) is 3.70. The van der Waals surface area contributed by atoms with Gasteiger partial charge in [0.2, 0.25) is 0 Å². The lowest BCUT2D eigenvalue weighted by Gasteiger charge is -2.12. The Hall–Kier alpha value is -6.78. The van der Waals surface area contributed by atoms with Crippen LogP contribution in [-0.4, -0.2) is 19.1 Å². The molecule has 0 radical (unpaired) electrons. The van der Waals surface area contributed by atoms with Crippen LogP contribution in [0.2, 0.25) is 0 Å². The third kappa shape index (κ3) is 4.91. The van der Waals surface area contributed by atoms with Gasteiger partial charge in [-0.25, -0.2) is 9.97 Å². The fraction of sp³-hybridized carbons (Fsp3) is 0.0417. The SMILES string of the molecule is Cc1cccc(-c2cc(-c3ccc(-n4c5ccccc5c5cc(-n6c7ccccc7c7ccccc76)ccc54)cc3)nc(-c3cccc(C)c3)n2)c1. The highest BCUT2D eigenvalue weighted by atomic mass is 15.0. The second-order valence-corrected chi connectivity index (χ2v) is 13.7. The second kappa shape index (κ2) is 11.9. The number of benzene rings is 7. The van der Waals surface area contributed by atoms with Crippen molar-refractivity contribution in [2.45, 2.75) is 13.8 Å². The minimum atomic E-state index is 0.725. The third-order valence-electron chi connectivity index (χ3n) is 10.2. The molecule has 0 saturated carbocycles. The van der Waals surface area contributed by atoms with E-state index in [9.17, 15) is 0 Å². The molecule has 0 fully saturated rings. The number of rotatable bonds is 5. The number of hydrogen-bond donors (Lipinski definition) is 0. The number of aryl methyl sites for hydroxylation is 2. The van der Waals surface area contributed by atoms with Crippen LogP contribution in [0.25, 0.3) is 88.9 Å². The lowest BCUT2D eigenvalue weighted by Crippen LogP contribution is -1.97. The zero-order valence-corrected chi connectivity index (χ0v) is 29.0. The Morgan fingerprint density at radius 2 is 0.827 bits per heavy atom. The van der Waals surface area contributed by atoms with Crippen molar-refractivity contribution < 1.29 is 0 Å². The average molecular weight is 667 g/mol. The van der Waals surface area contributed by atoms with Gasteiger partial charge in [0.05, 0.1) is 33.5 Å². The zero-order chi connectivity index (χ0) is 34.8. The van der Waals surface area contributed by atoms with Crippen molar-refractivity contribution in [2.24, 2.45) is 0 Å². The van der Waals surface area contributed by atoms with E-state index in [2.05, 4.69) is 193 Å². The maximum Gasteiger partial charge on any atom is 0.160 e. The molecule has 0 bridgehead atoms. The van der Waals surface area contributed by atoms with Gasteiger partial charge in [-0.1, -0.05) is 114 Å². The first-order valence-corrected chi connectivity index (χ1v) is 17.7. The van der Waals surface area contributed by atoms with Gasteiger partial charge in [0.25, 0.3) is 0 Å². The van der Waals surface area contributed by atoms with Crippen LogP contribution < -0.4 is 0 Å². The van der Waals surface area contributed by atoms with E-state index in [1.54, 1.807) is 0 Å². The number of nitrogens with zero attached hydrogens (tertiary/aromatic N) is 4. The fourth-order valence-electron chi connectivity index (χ4n) is 7.82. The van der Waals surface area contributed by atoms with E-state index in [-0.39, 0.29) is 0 Å². The summed E-state index contributed by atoms with van der Waals surface area (Å²) in [5, 5.41) is 4.98. The van der Waals surface area contributed by atoms with Crippen LogP contribution in [0.3, 0.4) is 0 Å². The molecule has 7 aromatic carbocycles. The molecule has 4 heteroatoms. The molecule has 4 nitrogen and oxygen atoms in total. The summed E-state index contributed by atoms with van der Waals surface area (Å²) in [6, 6.07) is 60.8. The van der Waals surface area contributed by atoms with Crippen molar-refractivity contribution >= 4 is 43.6 Å². The van der Waals surface area contributed by atoms with Crippen LogP contribution in [0.4, 0.5) is 0 Å². The van der Waals surface area contributed by atoms with Crippen molar-refractivity contribution in [1.82, 2.24) is 19.1 Å². The van der Waals surface area contributed by atoms with Crippen molar-refractivity contribution in [2.75, 3.05) is 0 Å². The van der Waals surface area contributed by atoms with Crippen molar-refractivity contribution in [3.05, 3.63) is 181 Å². The summed E-state index contributed by atoms with van der Waals surface area (Å²) in [7, 11) is 0. The Morgan fingerprint density at radius 1 is 0.346 bits per heavy atom. The lowest BCUT2D eigenvalue weighted by atomic mass is 10.0. The van der Waals surface area contributed by atoms with E-state index in [1.165, 1.54) is 54.7 Å². The van der Waals surface area contributed by atoms with Gasteiger partial charge < -0.3 is 9.13 Å². The standard InChI is InChI=1S/C48H34N4/c1-31-11-9-13-34(27-31)43-30-42(49-48(50-43)35-14-10-12-32(2)28-35)33-21-23-36(24-22-33)51-46-20-8-5-17-40(46)41-29-37(25-26-47(41)51)52-44-18-6-3-15-38(44)39-16-4-7-19-45(39)52/h3-30H,1-2H3. The first-order valence-electron chi connectivity index (χ1n) is 17.7. The quantitative estimate of drug-likeness (QED) is 0.183. The van der Waals surface area contributed by atoms with Crippen LogP contribution in [-0.2, 0) is 0 Å². The molecule has 0 amide bonds. The molecule has 3 aromatic heterocycles. The summed E-state index contributed by atoms with van der Waals surface area (Å²) in [5.74, 6) is 0.725. The number of hydrogen-bond acceptors (Lipinski definition) is 2. The smallest absolute Gasteiger partial charge is 0.160 e. The van der Waals surface area contributed by atoms with Crippen molar-refractivity contribution in [1.29, 1.82) is 0 Å². The lowest BCUT2D eigenvalue weighted by molar-refractivity contribution is 1.16. The minimum absolute atomic E-state index is 0.725. The van der Waals surface area contributed by atoms with E-state index in [0.717, 1.165) is 45.3 Å². The second-order valence-electron chi connectivity index (χ2n) is 13.7. The van der Waals surface area contributed by atoms with Gasteiger partial charge >= 0.3 is 0 Å². The van der Waals surface area contributed by atoms with Gasteiger partial charge in [-0.2, -0.15) is 0 Å². The Labute approximate surface area is 301 Å². The summed E-state index contributed by atoms with van der Waals surface area (Å²) < 4.78 is 4.77. The maximum absolute atomic E-state index is 5.11. The third-order valence-corrected chi connectivity index (χ3v) is 10.2. The van der Waals surface area contributed by atoms with Crippen molar-refractivity contribution in [3.63, 3.8) is 0 Å². The molecule has 10 aromatic rings. The Kier molecular flexibility index (Phi) is 6.90. The van der Waals surface area contributed by atoms with E-state index in [0.29, 0.717) is 0 Å². The van der Waals surface area contributed by atoms with Crippen LogP contribution >= 0.6 is 0 Å². The highest BCUT2D eigenvalue weighted by Gasteiger charge is 2.17. The first kappa shape index (κ1) is 30.1. The Balaban J connectivity index is 1.11. The molecule has 0 atom stereocenters. The molecular weight excluding hydrogens is 633 g/mol. The number of fused-ring (bicyclic) bond motifs is 6. The van der Waals surface area contributed by atoms with Gasteiger partial charge in [-0.15, -0.1) is 0 Å². The predicted molar refractivity (Wildman–Crippen MR) is 216 cm³/mol. The zero-order valence-electron chi connectivity index (χ0n) is 29.0. The van der Waals surface area contributed by atoms with Gasteiger partial charge in [-0.3, -0.25) is 0 Å². The molecule has 246 valence electrons. The molecule has 10 rings (SSSR count). The van der Waals surface area contributed by atoms with Gasteiger partial charge in [0.15, 0.2) is 5.82 Å². The maximum atomic E-state index is 5.11. The van der Waals surface area contributed by atoms with Crippen LogP contribution in [0.1, 0.15) is 11.1 Å². The van der Waals surface area contributed by atoms with E-state index < -0.39 is 0 Å². The summed E-state index contributed by atoms with van der Waals surface area (Å²) in [4.78, 5) is 10.2. The highest BCUT2D eigenvalue weighted by Crippen LogP contribution is 2.37. The first-order chi connectivity index (χ1) is 25.6. The molecule has 52 heavy (non-hydrogen) atoms. The van der Waals surface area contributed by atoms with Crippen LogP contribution in [0.15, 0.2) is 170 Å². The van der Waals surface area contributed by atoms with E-state index in [4.69, 9.17) is 9.97 Å². The molecule has 0 N–H and O–H groups in total. The topological polar surface area (TPSA) is 35.6 Å². The molecule has 0 unspecified atom stereocenters. The predicted octanol–water partition coefficient (Wildman–Crippen LogP) is 12.3. The van der Waals surface area contributed by atoms with Gasteiger partial charge in [-0.05, 0) is 80.6 Å². The molecule has 0 spiro atoms. The number of para-hydroxylation sites is 3. The summed E-state index contributed by atoms with van der Waals surface area (Å²) in [6.45, 7) is 4.22. The largest absolute Gasteiger partial charge is 0.309 e. The van der Waals surface area contributed by atoms with Crippen molar-refractivity contribution in [3.8, 4) is 45.3 Å². The monoisotopic (exact) mass is 666 g/mol. The normalized spacial score (nSPS) is 11.7. The van der Waals surface area contributed by atoms with E-state index >= 15 is 0 Å². The molecule has 0 aliphatic heterocycles. The fourth-order valence-corrected chi connectivity index (χ4v) is 7.82. The summed E-state index contributed by atoms with van der Waals surface area (Å²) >= 11 is 0. The molecule has 0 aliphatic carbocycles. The van der Waals surface area contributed by atoms with Gasteiger partial charge in [0.1, 0.15) is 0 Å². The highest BCUT2D eigenvalue weighted by molar-refractivity contribution is 6.12. The molecular formula is C48H34N4. The Bertz CT molecular complexity index is 2860. The van der Waals surface area contributed by atoms with E-state index in [1.807, 2.05) is 0 Å². The summed E-state index contributed by atoms with van der Waals surface area (Å²) in [6.07, 6.45) is 0. The molecule has 3 heterocycles. The minimum Gasteiger partial charge on any atom is -0.309 e. The van der Waals surface area contributed by atoms with Crippen LogP contribution in [0, 0.1) is 13.8 Å².